The van der Waals surface area contributed by atoms with Gasteiger partial charge in [-0.25, -0.2) is 9.78 Å². The number of carbonyl (C=O) groups excluding carboxylic acids is 1. The predicted octanol–water partition coefficient (Wildman–Crippen LogP) is 4.65. The Morgan fingerprint density at radius 2 is 2.00 bits per heavy atom. The van der Waals surface area contributed by atoms with Crippen molar-refractivity contribution in [2.75, 3.05) is 5.32 Å². The number of aromatic amines is 1. The van der Waals surface area contributed by atoms with Crippen LogP contribution in [0.4, 0.5) is 10.5 Å². The van der Waals surface area contributed by atoms with Crippen molar-refractivity contribution in [3.63, 3.8) is 0 Å². The highest BCUT2D eigenvalue weighted by molar-refractivity contribution is 6.31. The molecule has 1 heterocycles. The van der Waals surface area contributed by atoms with E-state index in [1.54, 1.807) is 42.9 Å². The molecule has 0 aliphatic carbocycles. The molecular formula is C17H14ClN3O2. The lowest BCUT2D eigenvalue weighted by Gasteiger charge is -2.11. The maximum atomic E-state index is 12.1. The first-order valence-electron chi connectivity index (χ1n) is 6.95. The average Bonchev–Trinajstić information content (AvgIpc) is 3.05. The fourth-order valence-electron chi connectivity index (χ4n) is 2.10. The number of aromatic nitrogens is 2. The Morgan fingerprint density at radius 3 is 2.70 bits per heavy atom. The van der Waals surface area contributed by atoms with E-state index in [-0.39, 0.29) is 0 Å². The maximum Gasteiger partial charge on any atom is 0.417 e. The van der Waals surface area contributed by atoms with Crippen LogP contribution in [-0.2, 0) is 0 Å². The molecule has 0 spiro atoms. The SMILES string of the molecule is Cc1ccc(OC(=O)Nc2ccc(Cl)cc2-c2cnc[nH]2)cc1. The summed E-state index contributed by atoms with van der Waals surface area (Å²) in [5.41, 5.74) is 3.15. The Labute approximate surface area is 138 Å². The van der Waals surface area contributed by atoms with E-state index in [1.165, 1.54) is 0 Å². The number of aryl methyl sites for hydroxylation is 1. The van der Waals surface area contributed by atoms with E-state index >= 15 is 0 Å². The number of nitrogens with one attached hydrogen (secondary N) is 2. The fourth-order valence-corrected chi connectivity index (χ4v) is 2.27. The molecular weight excluding hydrogens is 314 g/mol. The molecule has 5 nitrogen and oxygen atoms in total. The summed E-state index contributed by atoms with van der Waals surface area (Å²) in [5.74, 6) is 0.477. The Bertz CT molecular complexity index is 814. The Hall–Kier alpha value is -2.79. The van der Waals surface area contributed by atoms with E-state index in [1.807, 2.05) is 19.1 Å². The van der Waals surface area contributed by atoms with Gasteiger partial charge in [0.25, 0.3) is 0 Å². The van der Waals surface area contributed by atoms with Gasteiger partial charge in [0.2, 0.25) is 0 Å². The minimum atomic E-state index is -0.572. The number of rotatable bonds is 3. The second-order valence-electron chi connectivity index (χ2n) is 4.98. The van der Waals surface area contributed by atoms with Gasteiger partial charge in [0, 0.05) is 10.6 Å². The number of halogens is 1. The third kappa shape index (κ3) is 3.70. The van der Waals surface area contributed by atoms with Gasteiger partial charge >= 0.3 is 6.09 Å². The quantitative estimate of drug-likeness (QED) is 0.735. The minimum absolute atomic E-state index is 0.477. The van der Waals surface area contributed by atoms with Crippen LogP contribution < -0.4 is 10.1 Å². The van der Waals surface area contributed by atoms with Crippen LogP contribution in [0.5, 0.6) is 5.75 Å². The third-order valence-electron chi connectivity index (χ3n) is 3.24. The molecule has 0 aliphatic heterocycles. The number of carbonyl (C=O) groups is 1. The van der Waals surface area contributed by atoms with Crippen LogP contribution in [0, 0.1) is 6.92 Å². The second-order valence-corrected chi connectivity index (χ2v) is 5.42. The standard InChI is InChI=1S/C17H14ClN3O2/c1-11-2-5-13(6-3-11)23-17(22)21-15-7-4-12(18)8-14(15)16-9-19-10-20-16/h2-10H,1H3,(H,19,20)(H,21,22). The Kier molecular flexibility index (Phi) is 4.30. The van der Waals surface area contributed by atoms with Gasteiger partial charge in [0.05, 0.1) is 23.9 Å². The lowest BCUT2D eigenvalue weighted by molar-refractivity contribution is 0.215. The Morgan fingerprint density at radius 1 is 1.22 bits per heavy atom. The molecule has 3 aromatic rings. The molecule has 2 N–H and O–H groups in total. The zero-order valence-corrected chi connectivity index (χ0v) is 13.1. The highest BCUT2D eigenvalue weighted by Crippen LogP contribution is 2.29. The first-order chi connectivity index (χ1) is 11.1. The van der Waals surface area contributed by atoms with Gasteiger partial charge in [-0.2, -0.15) is 0 Å². The van der Waals surface area contributed by atoms with Crippen LogP contribution in [0.2, 0.25) is 5.02 Å². The van der Waals surface area contributed by atoms with Crippen molar-refractivity contribution in [3.05, 3.63) is 65.6 Å². The summed E-state index contributed by atoms with van der Waals surface area (Å²) in [4.78, 5) is 19.1. The smallest absolute Gasteiger partial charge is 0.410 e. The minimum Gasteiger partial charge on any atom is -0.410 e. The number of hydrogen-bond acceptors (Lipinski definition) is 3. The van der Waals surface area contributed by atoms with E-state index in [2.05, 4.69) is 15.3 Å². The molecule has 0 bridgehead atoms. The third-order valence-corrected chi connectivity index (χ3v) is 3.47. The van der Waals surface area contributed by atoms with Crippen LogP contribution in [0.3, 0.4) is 0 Å². The fraction of sp³-hybridized carbons (Fsp3) is 0.0588. The Balaban J connectivity index is 1.80. The van der Waals surface area contributed by atoms with Crippen molar-refractivity contribution in [1.29, 1.82) is 0 Å². The van der Waals surface area contributed by atoms with Gasteiger partial charge in [-0.1, -0.05) is 29.3 Å². The van der Waals surface area contributed by atoms with Gasteiger partial charge < -0.3 is 9.72 Å². The van der Waals surface area contributed by atoms with Crippen molar-refractivity contribution >= 4 is 23.4 Å². The van der Waals surface area contributed by atoms with E-state index < -0.39 is 6.09 Å². The first kappa shape index (κ1) is 15.1. The molecule has 3 rings (SSSR count). The van der Waals surface area contributed by atoms with Gasteiger partial charge in [-0.05, 0) is 37.3 Å². The summed E-state index contributed by atoms with van der Waals surface area (Å²) in [5, 5.41) is 3.28. The summed E-state index contributed by atoms with van der Waals surface area (Å²) in [7, 11) is 0. The topological polar surface area (TPSA) is 67.0 Å². The van der Waals surface area contributed by atoms with Crippen molar-refractivity contribution in [1.82, 2.24) is 9.97 Å². The van der Waals surface area contributed by atoms with Gasteiger partial charge in [0.15, 0.2) is 0 Å². The van der Waals surface area contributed by atoms with Crippen molar-refractivity contribution in [2.45, 2.75) is 6.92 Å². The summed E-state index contributed by atoms with van der Waals surface area (Å²) >= 11 is 6.04. The van der Waals surface area contributed by atoms with E-state index in [4.69, 9.17) is 16.3 Å². The molecule has 1 amide bonds. The number of imidazole rings is 1. The molecule has 0 radical (unpaired) electrons. The lowest BCUT2D eigenvalue weighted by atomic mass is 10.1. The van der Waals surface area contributed by atoms with Crippen LogP contribution in [0.15, 0.2) is 55.0 Å². The van der Waals surface area contributed by atoms with Crippen LogP contribution in [-0.4, -0.2) is 16.1 Å². The first-order valence-corrected chi connectivity index (χ1v) is 7.33. The summed E-state index contributed by atoms with van der Waals surface area (Å²) in [6.45, 7) is 1.97. The molecule has 2 aromatic carbocycles. The summed E-state index contributed by atoms with van der Waals surface area (Å²) in [6.07, 6.45) is 2.64. The molecule has 6 heteroatoms. The number of anilines is 1. The number of hydrogen-bond donors (Lipinski definition) is 2. The lowest BCUT2D eigenvalue weighted by Crippen LogP contribution is -2.17. The van der Waals surface area contributed by atoms with Gasteiger partial charge in [0.1, 0.15) is 5.75 Å². The number of H-pyrrole nitrogens is 1. The van der Waals surface area contributed by atoms with Crippen LogP contribution in [0.1, 0.15) is 5.56 Å². The molecule has 1 aromatic heterocycles. The largest absolute Gasteiger partial charge is 0.417 e. The van der Waals surface area contributed by atoms with E-state index in [0.717, 1.165) is 16.8 Å². The molecule has 0 fully saturated rings. The zero-order chi connectivity index (χ0) is 16.2. The zero-order valence-electron chi connectivity index (χ0n) is 12.3. The van der Waals surface area contributed by atoms with Crippen LogP contribution >= 0.6 is 11.6 Å². The van der Waals surface area contributed by atoms with Gasteiger partial charge in [-0.15, -0.1) is 0 Å². The monoisotopic (exact) mass is 327 g/mol. The summed E-state index contributed by atoms with van der Waals surface area (Å²) < 4.78 is 5.27. The normalized spacial score (nSPS) is 10.3. The van der Waals surface area contributed by atoms with E-state index in [0.29, 0.717) is 16.5 Å². The van der Waals surface area contributed by atoms with Crippen molar-refractivity contribution in [2.24, 2.45) is 0 Å². The van der Waals surface area contributed by atoms with Crippen molar-refractivity contribution in [3.8, 4) is 17.0 Å². The highest BCUT2D eigenvalue weighted by Gasteiger charge is 2.12. The number of nitrogens with zero attached hydrogens (tertiary/aromatic N) is 1. The van der Waals surface area contributed by atoms with Gasteiger partial charge in [-0.3, -0.25) is 5.32 Å². The molecule has 0 atom stereocenters. The van der Waals surface area contributed by atoms with Crippen molar-refractivity contribution < 1.29 is 9.53 Å². The molecule has 0 saturated heterocycles. The number of amides is 1. The maximum absolute atomic E-state index is 12.1. The number of benzene rings is 2. The predicted molar refractivity (Wildman–Crippen MR) is 89.9 cm³/mol. The van der Waals surface area contributed by atoms with Crippen LogP contribution in [0.25, 0.3) is 11.3 Å². The van der Waals surface area contributed by atoms with E-state index in [9.17, 15) is 4.79 Å². The molecule has 23 heavy (non-hydrogen) atoms. The molecule has 0 aliphatic rings. The average molecular weight is 328 g/mol. The molecule has 116 valence electrons. The molecule has 0 saturated carbocycles. The highest BCUT2D eigenvalue weighted by atomic mass is 35.5. The second kappa shape index (κ2) is 6.54. The summed E-state index contributed by atoms with van der Waals surface area (Å²) in [6, 6.07) is 12.4. The molecule has 0 unspecified atom stereocenters. The number of ether oxygens (including phenoxy) is 1.